The molecule has 5 heteroatoms. The van der Waals surface area contributed by atoms with E-state index in [1.807, 2.05) is 30.5 Å². The third-order valence-corrected chi connectivity index (χ3v) is 10.2. The molecule has 0 aliphatic heterocycles. The number of phenols is 1. The summed E-state index contributed by atoms with van der Waals surface area (Å²) in [6.45, 7) is 15.5. The second-order valence-electron chi connectivity index (χ2n) is 16.2. The van der Waals surface area contributed by atoms with E-state index in [0.717, 1.165) is 61.0 Å². The predicted octanol–water partition coefficient (Wildman–Crippen LogP) is 12.6. The molecule has 0 saturated carbocycles. The molecule has 4 nitrogen and oxygen atoms in total. The first kappa shape index (κ1) is 37.0. The van der Waals surface area contributed by atoms with Crippen LogP contribution in [-0.4, -0.2) is 19.6 Å². The number of pyridine rings is 1. The molecule has 0 spiro atoms. The van der Waals surface area contributed by atoms with Crippen molar-refractivity contribution in [3.8, 4) is 56.2 Å². The summed E-state index contributed by atoms with van der Waals surface area (Å²) in [6.07, 6.45) is 1.86. The van der Waals surface area contributed by atoms with E-state index < -0.39 is 0 Å². The van der Waals surface area contributed by atoms with Gasteiger partial charge in [-0.25, -0.2) is 4.98 Å². The van der Waals surface area contributed by atoms with Crippen molar-refractivity contribution in [1.82, 2.24) is 14.5 Å². The third kappa shape index (κ3) is 6.92. The van der Waals surface area contributed by atoms with Crippen LogP contribution in [-0.2, 0) is 31.9 Å². The standard InChI is InChI=1S/C49H44N3O.Pt/c1-31-26-35(29-36(27-31)42-30-34(28-33-12-11-25-50-45(33)42)32-17-19-37(20-18-32)48(2,3)4)40-14-10-15-43-46(40)51-47(41-13-8-9-16-44(41)53)52(43)39-23-21-38(22-24-39)49(5,6)7;/h8-28,30,53H,1-7H3;/q-1;. The molecule has 0 saturated heterocycles. The van der Waals surface area contributed by atoms with Crippen LogP contribution in [0.15, 0.2) is 134 Å². The number of hydrogen-bond acceptors (Lipinski definition) is 3. The molecule has 0 aliphatic rings. The SMILES string of the molecule is Cc1cc(-c2cc(-c3ccc(C(C)(C)C)cc3)cc3cccnc23)[c-]c(-c2cccc3c2nc(-c2ccccc2O)n3-c2ccc(C(C)(C)C)cc2)c1.[Pt]. The average Bonchev–Trinajstić information content (AvgIpc) is 3.53. The van der Waals surface area contributed by atoms with Crippen LogP contribution in [0.4, 0.5) is 0 Å². The van der Waals surface area contributed by atoms with E-state index in [1.54, 1.807) is 6.07 Å². The van der Waals surface area contributed by atoms with Crippen LogP contribution in [0.25, 0.3) is 72.4 Å². The molecule has 54 heavy (non-hydrogen) atoms. The molecule has 272 valence electrons. The number of benzene rings is 6. The quantitative estimate of drug-likeness (QED) is 0.175. The van der Waals surface area contributed by atoms with Gasteiger partial charge in [0, 0.05) is 38.5 Å². The Kier molecular flexibility index (Phi) is 9.71. The summed E-state index contributed by atoms with van der Waals surface area (Å²) in [5.41, 5.74) is 14.4. The Hall–Kier alpha value is -5.31. The first-order valence-electron chi connectivity index (χ1n) is 18.3. The Morgan fingerprint density at radius 2 is 1.22 bits per heavy atom. The van der Waals surface area contributed by atoms with Crippen LogP contribution in [0.2, 0.25) is 0 Å². The zero-order chi connectivity index (χ0) is 37.1. The summed E-state index contributed by atoms with van der Waals surface area (Å²) in [6, 6.07) is 48.1. The molecule has 0 atom stereocenters. The Bertz CT molecular complexity index is 2640. The summed E-state index contributed by atoms with van der Waals surface area (Å²) in [5, 5.41) is 12.2. The third-order valence-electron chi connectivity index (χ3n) is 10.2. The number of aromatic nitrogens is 3. The number of nitrogens with zero attached hydrogens (tertiary/aromatic N) is 3. The van der Waals surface area contributed by atoms with Crippen molar-refractivity contribution in [3.63, 3.8) is 0 Å². The first-order chi connectivity index (χ1) is 25.3. The Labute approximate surface area is 332 Å². The van der Waals surface area contributed by atoms with Crippen molar-refractivity contribution in [1.29, 1.82) is 0 Å². The first-order valence-corrected chi connectivity index (χ1v) is 18.3. The van der Waals surface area contributed by atoms with E-state index >= 15 is 0 Å². The fraction of sp³-hybridized carbons (Fsp3) is 0.184. The van der Waals surface area contributed by atoms with Crippen LogP contribution >= 0.6 is 0 Å². The number of imidazole rings is 1. The van der Waals surface area contributed by atoms with E-state index in [-0.39, 0.29) is 37.6 Å². The molecule has 0 unspecified atom stereocenters. The van der Waals surface area contributed by atoms with E-state index in [0.29, 0.717) is 11.4 Å². The maximum absolute atomic E-state index is 11.1. The molecule has 0 amide bonds. The molecular formula is C49H44N3OPt-. The average molecular weight is 886 g/mol. The molecule has 2 aromatic heterocycles. The van der Waals surface area contributed by atoms with Crippen LogP contribution in [0, 0.1) is 13.0 Å². The molecule has 6 aromatic carbocycles. The topological polar surface area (TPSA) is 50.9 Å². The number of rotatable bonds is 5. The largest absolute Gasteiger partial charge is 0.507 e. The molecule has 0 radical (unpaired) electrons. The van der Waals surface area contributed by atoms with Crippen molar-refractivity contribution >= 4 is 21.9 Å². The van der Waals surface area contributed by atoms with Crippen molar-refractivity contribution in [3.05, 3.63) is 156 Å². The van der Waals surface area contributed by atoms with Gasteiger partial charge in [-0.15, -0.1) is 34.9 Å². The molecule has 0 aliphatic carbocycles. The second-order valence-corrected chi connectivity index (χ2v) is 16.2. The summed E-state index contributed by atoms with van der Waals surface area (Å²) in [7, 11) is 0. The summed E-state index contributed by atoms with van der Waals surface area (Å²) >= 11 is 0. The zero-order valence-corrected chi connectivity index (χ0v) is 34.1. The molecular weight excluding hydrogens is 842 g/mol. The Morgan fingerprint density at radius 1 is 0.593 bits per heavy atom. The van der Waals surface area contributed by atoms with Crippen LogP contribution in [0.5, 0.6) is 5.75 Å². The van der Waals surface area contributed by atoms with Crippen LogP contribution < -0.4 is 0 Å². The predicted molar refractivity (Wildman–Crippen MR) is 221 cm³/mol. The second kappa shape index (κ2) is 14.2. The smallest absolute Gasteiger partial charge is 0.148 e. The van der Waals surface area contributed by atoms with Crippen molar-refractivity contribution in [2.45, 2.75) is 59.3 Å². The van der Waals surface area contributed by atoms with Gasteiger partial charge in [0.05, 0.1) is 16.6 Å². The van der Waals surface area contributed by atoms with Gasteiger partial charge in [-0.1, -0.05) is 132 Å². The number of hydrogen-bond donors (Lipinski definition) is 1. The molecule has 2 heterocycles. The maximum Gasteiger partial charge on any atom is 0.148 e. The number of phenolic OH excluding ortho intramolecular Hbond substituents is 1. The number of aryl methyl sites for hydroxylation is 1. The van der Waals surface area contributed by atoms with Crippen LogP contribution in [0.1, 0.15) is 58.2 Å². The minimum Gasteiger partial charge on any atom is -0.507 e. The summed E-state index contributed by atoms with van der Waals surface area (Å²) in [4.78, 5) is 10.2. The van der Waals surface area contributed by atoms with Gasteiger partial charge in [0.1, 0.15) is 11.6 Å². The molecule has 8 rings (SSSR count). The molecule has 0 fully saturated rings. The van der Waals surface area contributed by atoms with Gasteiger partial charge in [-0.3, -0.25) is 9.55 Å². The summed E-state index contributed by atoms with van der Waals surface area (Å²) < 4.78 is 2.16. The van der Waals surface area contributed by atoms with E-state index in [2.05, 4.69) is 156 Å². The van der Waals surface area contributed by atoms with Crippen molar-refractivity contribution in [2.75, 3.05) is 0 Å². The minimum absolute atomic E-state index is 0. The summed E-state index contributed by atoms with van der Waals surface area (Å²) in [5.74, 6) is 0.871. The Balaban J connectivity index is 0.00000450. The van der Waals surface area contributed by atoms with E-state index in [9.17, 15) is 5.11 Å². The fourth-order valence-electron chi connectivity index (χ4n) is 7.26. The number of para-hydroxylation sites is 2. The van der Waals surface area contributed by atoms with Gasteiger partial charge in [0.15, 0.2) is 0 Å². The van der Waals surface area contributed by atoms with Crippen molar-refractivity contribution < 1.29 is 26.2 Å². The Morgan fingerprint density at radius 3 is 1.89 bits per heavy atom. The zero-order valence-electron chi connectivity index (χ0n) is 31.8. The van der Waals surface area contributed by atoms with Crippen molar-refractivity contribution in [2.24, 2.45) is 0 Å². The van der Waals surface area contributed by atoms with Gasteiger partial charge in [0.25, 0.3) is 0 Å². The fourth-order valence-corrected chi connectivity index (χ4v) is 7.26. The van der Waals surface area contributed by atoms with Gasteiger partial charge in [-0.05, 0) is 80.9 Å². The van der Waals surface area contributed by atoms with E-state index in [1.165, 1.54) is 16.7 Å². The minimum atomic E-state index is 0. The van der Waals surface area contributed by atoms with Gasteiger partial charge in [0.2, 0.25) is 0 Å². The van der Waals surface area contributed by atoms with Gasteiger partial charge in [-0.2, -0.15) is 0 Å². The van der Waals surface area contributed by atoms with E-state index in [4.69, 9.17) is 9.97 Å². The maximum atomic E-state index is 11.1. The molecule has 0 bridgehead atoms. The monoisotopic (exact) mass is 885 g/mol. The van der Waals surface area contributed by atoms with Gasteiger partial charge >= 0.3 is 0 Å². The van der Waals surface area contributed by atoms with Crippen LogP contribution in [0.3, 0.4) is 0 Å². The molecule has 8 aromatic rings. The number of fused-ring (bicyclic) bond motifs is 2. The number of aromatic hydroxyl groups is 1. The normalized spacial score (nSPS) is 11.9. The molecule has 1 N–H and O–H groups in total. The van der Waals surface area contributed by atoms with Gasteiger partial charge < -0.3 is 5.11 Å².